The lowest BCUT2D eigenvalue weighted by Crippen LogP contribution is -2.54. The molecule has 2 fully saturated rings. The van der Waals surface area contributed by atoms with Gasteiger partial charge >= 0.3 is 13.5 Å². The third kappa shape index (κ3) is 12.3. The largest absolute Gasteiger partial charge is 0.475 e. The van der Waals surface area contributed by atoms with Crippen molar-refractivity contribution in [3.63, 3.8) is 0 Å². The third-order valence-corrected chi connectivity index (χ3v) is 24.0. The van der Waals surface area contributed by atoms with Crippen molar-refractivity contribution in [1.82, 2.24) is 29.1 Å². The summed E-state index contributed by atoms with van der Waals surface area (Å²) in [5.74, 6) is -0.660. The molecule has 7 rings (SSSR count). The molecule has 72 heavy (non-hydrogen) atoms. The van der Waals surface area contributed by atoms with Gasteiger partial charge in [0.2, 0.25) is 0 Å². The van der Waals surface area contributed by atoms with Gasteiger partial charge in [0, 0.05) is 23.7 Å². The van der Waals surface area contributed by atoms with Crippen molar-refractivity contribution in [2.75, 3.05) is 30.5 Å². The van der Waals surface area contributed by atoms with Gasteiger partial charge in [-0.2, -0.15) is 10.2 Å². The second kappa shape index (κ2) is 22.0. The Labute approximate surface area is 420 Å². The Kier molecular flexibility index (Phi) is 16.6. The molecule has 21 nitrogen and oxygen atoms in total. The third-order valence-electron chi connectivity index (χ3n) is 13.6. The molecule has 1 unspecified atom stereocenters. The molecule has 2 amide bonds. The number of ether oxygens (including phenoxy) is 2. The van der Waals surface area contributed by atoms with Crippen LogP contribution >= 0.6 is 7.82 Å². The normalized spacial score (nSPS) is 22.6. The molecule has 24 heteroatoms. The summed E-state index contributed by atoms with van der Waals surface area (Å²) in [6.45, 7) is 19.7. The molecule has 0 saturated carbocycles. The van der Waals surface area contributed by atoms with Crippen molar-refractivity contribution < 1.29 is 51.2 Å². The fourth-order valence-electron chi connectivity index (χ4n) is 7.52. The molecule has 8 atom stereocenters. The lowest BCUT2D eigenvalue weighted by Gasteiger charge is -2.44. The number of aliphatic hydroxyl groups excluding tert-OH is 1. The number of carbonyl (C=O) groups is 2. The highest BCUT2D eigenvalue weighted by molar-refractivity contribution is 7.48. The van der Waals surface area contributed by atoms with E-state index >= 15 is 0 Å². The van der Waals surface area contributed by atoms with Crippen molar-refractivity contribution in [3.05, 3.63) is 107 Å². The van der Waals surface area contributed by atoms with Crippen molar-refractivity contribution in [1.29, 1.82) is 5.26 Å². The SMILES string of the molecule is CC(C)(C)[Si](C)(C)O[C@@H]1[C@H](O[Si](C)(C)C(C)(C)C)[C@@H](COP(=O)(OCCC#N)O[C@H]2C[C@H](n3ccc(NC(=O)c4ccccc4)nc3=O)O[C@@H]2CO)O[C@H]1n1cnc2c(NC(=O)c3ccccc3)ncnc21. The van der Waals surface area contributed by atoms with Crippen LogP contribution in [0.2, 0.25) is 36.3 Å². The summed E-state index contributed by atoms with van der Waals surface area (Å²) in [5, 5.41) is 24.8. The van der Waals surface area contributed by atoms with Gasteiger partial charge in [0.15, 0.2) is 39.8 Å². The summed E-state index contributed by atoms with van der Waals surface area (Å²) in [4.78, 5) is 57.0. The number of hydrogen-bond donors (Lipinski definition) is 3. The number of nitrogens with zero attached hydrogens (tertiary/aromatic N) is 7. The topological polar surface area (TPSA) is 262 Å². The van der Waals surface area contributed by atoms with Crippen molar-refractivity contribution in [3.8, 4) is 6.07 Å². The number of carbonyl (C=O) groups excluding carboxylic acids is 2. The Bertz CT molecular complexity index is 2850. The zero-order chi connectivity index (χ0) is 52.2. The molecule has 0 aliphatic carbocycles. The molecule has 5 aromatic rings. The van der Waals surface area contributed by atoms with Gasteiger partial charge in [0.1, 0.15) is 48.9 Å². The van der Waals surface area contributed by atoms with Crippen molar-refractivity contribution in [2.45, 2.75) is 134 Å². The summed E-state index contributed by atoms with van der Waals surface area (Å²) in [7, 11) is -10.0. The average molecular weight is 1050 g/mol. The van der Waals surface area contributed by atoms with Crippen LogP contribution in [0.1, 0.15) is 87.6 Å². The Morgan fingerprint density at radius 1 is 0.833 bits per heavy atom. The van der Waals surface area contributed by atoms with E-state index < -0.39 is 92.2 Å². The van der Waals surface area contributed by atoms with E-state index in [1.165, 1.54) is 24.9 Å². The molecule has 2 aromatic carbocycles. The van der Waals surface area contributed by atoms with Crippen LogP contribution in [0.15, 0.2) is 90.4 Å². The van der Waals surface area contributed by atoms with Crippen LogP contribution in [0.5, 0.6) is 0 Å². The van der Waals surface area contributed by atoms with E-state index in [0.29, 0.717) is 22.3 Å². The molecule has 3 N–H and O–H groups in total. The van der Waals surface area contributed by atoms with Crippen LogP contribution in [-0.4, -0.2) is 113 Å². The van der Waals surface area contributed by atoms with Gasteiger partial charge in [0.25, 0.3) is 11.8 Å². The highest BCUT2D eigenvalue weighted by Gasteiger charge is 2.55. The maximum atomic E-state index is 14.9. The van der Waals surface area contributed by atoms with Gasteiger partial charge in [-0.15, -0.1) is 0 Å². The molecule has 2 aliphatic heterocycles. The maximum Gasteiger partial charge on any atom is 0.475 e. The van der Waals surface area contributed by atoms with Crippen LogP contribution < -0.4 is 16.3 Å². The predicted molar refractivity (Wildman–Crippen MR) is 271 cm³/mol. The van der Waals surface area contributed by atoms with Gasteiger partial charge in [-0.3, -0.25) is 32.3 Å². The highest BCUT2D eigenvalue weighted by Crippen LogP contribution is 2.55. The van der Waals surface area contributed by atoms with E-state index in [1.54, 1.807) is 59.2 Å². The van der Waals surface area contributed by atoms with Crippen LogP contribution in [0.3, 0.4) is 0 Å². The molecule has 0 bridgehead atoms. The van der Waals surface area contributed by atoms with Crippen molar-refractivity contribution in [2.24, 2.45) is 0 Å². The van der Waals surface area contributed by atoms with Crippen LogP contribution in [0.4, 0.5) is 11.6 Å². The number of phosphoric acid groups is 1. The molecular weight excluding hydrogens is 982 g/mol. The first kappa shape index (κ1) is 54.4. The van der Waals surface area contributed by atoms with Crippen molar-refractivity contribution >= 4 is 59.1 Å². The second-order valence-corrected chi connectivity index (χ2v) is 31.7. The molecule has 2 saturated heterocycles. The van der Waals surface area contributed by atoms with E-state index in [2.05, 4.69) is 98.3 Å². The minimum Gasteiger partial charge on any atom is -0.408 e. The number of amides is 2. The number of aromatic nitrogens is 6. The quantitative estimate of drug-likeness (QED) is 0.0402. The van der Waals surface area contributed by atoms with Gasteiger partial charge in [-0.25, -0.2) is 24.3 Å². The van der Waals surface area contributed by atoms with E-state index in [1.807, 2.05) is 12.1 Å². The highest BCUT2D eigenvalue weighted by atomic mass is 31.2. The number of benzene rings is 2. The summed E-state index contributed by atoms with van der Waals surface area (Å²) in [6, 6.07) is 20.5. The lowest BCUT2D eigenvalue weighted by atomic mass is 10.1. The molecule has 5 heterocycles. The summed E-state index contributed by atoms with van der Waals surface area (Å²) >= 11 is 0. The standard InChI is InChI=1S/C48H64N9O12PSi2/c1-47(2,3)71(7,8)68-39-35(66-45(40(39)69-72(9,10)48(4,5)6)57-30-52-38-41(50-29-51-42(38)57)55-44(60)32-20-15-12-16-21-32)28-64-70(62,63-25-17-23-49)67-33-26-37(65-34(33)27-58)56-24-22-36(54-46(56)61)53-43(59)31-18-13-11-14-19-31/h11-16,18-22,24,29-30,33-35,37,39-40,45,58H,17,25-28H2,1-10H3,(H,50,51,55,60)(H,53,54,59,61)/t33-,34+,35+,37+,39+,40+,45+,70?/m0/s1. The van der Waals surface area contributed by atoms with Crippen LogP contribution in [-0.2, 0) is 36.5 Å². The smallest absolute Gasteiger partial charge is 0.408 e. The van der Waals surface area contributed by atoms with E-state index in [4.69, 9.17) is 31.9 Å². The molecule has 0 spiro atoms. The number of imidazole rings is 1. The first-order valence-electron chi connectivity index (χ1n) is 23.7. The van der Waals surface area contributed by atoms with Gasteiger partial charge in [0.05, 0.1) is 38.6 Å². The molecule has 386 valence electrons. The fraction of sp³-hybridized carbons (Fsp3) is 0.500. The maximum absolute atomic E-state index is 14.9. The number of anilines is 2. The molecule has 0 radical (unpaired) electrons. The van der Waals surface area contributed by atoms with Gasteiger partial charge < -0.3 is 34.1 Å². The summed E-state index contributed by atoms with van der Waals surface area (Å²) in [6.07, 6.45) is -2.98. The minimum atomic E-state index is -4.68. The Hall–Kier alpha value is -5.36. The Morgan fingerprint density at radius 3 is 2.03 bits per heavy atom. The average Bonchev–Trinajstić information content (AvgIpc) is 4.03. The van der Waals surface area contributed by atoms with Gasteiger partial charge in [-0.05, 0) is 66.6 Å². The molecule has 3 aromatic heterocycles. The number of rotatable bonds is 19. The number of phosphoric ester groups is 1. The monoisotopic (exact) mass is 1050 g/mol. The summed E-state index contributed by atoms with van der Waals surface area (Å²) in [5.41, 5.74) is 0.650. The van der Waals surface area contributed by atoms with E-state index in [9.17, 15) is 29.3 Å². The minimum absolute atomic E-state index is 0.00847. The molecular formula is C48H64N9O12PSi2. The van der Waals surface area contributed by atoms with E-state index in [-0.39, 0.29) is 47.1 Å². The Balaban J connectivity index is 1.19. The number of aliphatic hydroxyl groups is 1. The molecule has 2 aliphatic rings. The van der Waals surface area contributed by atoms with Crippen LogP contribution in [0, 0.1) is 11.3 Å². The number of nitrogens with one attached hydrogen (secondary N) is 2. The predicted octanol–water partition coefficient (Wildman–Crippen LogP) is 7.99. The number of nitriles is 1. The second-order valence-electron chi connectivity index (χ2n) is 20.6. The first-order valence-corrected chi connectivity index (χ1v) is 30.9. The number of hydrogen-bond acceptors (Lipinski definition) is 17. The number of fused-ring (bicyclic) bond motifs is 1. The van der Waals surface area contributed by atoms with E-state index in [0.717, 1.165) is 4.57 Å². The zero-order valence-corrected chi connectivity index (χ0v) is 45.1. The van der Waals surface area contributed by atoms with Gasteiger partial charge in [-0.1, -0.05) is 77.9 Å². The van der Waals surface area contributed by atoms with Crippen LogP contribution in [0.25, 0.3) is 11.2 Å². The Morgan fingerprint density at radius 2 is 1.44 bits per heavy atom. The fourth-order valence-corrected chi connectivity index (χ4v) is 11.5. The lowest BCUT2D eigenvalue weighted by molar-refractivity contribution is -0.0603. The zero-order valence-electron chi connectivity index (χ0n) is 42.2. The first-order chi connectivity index (χ1) is 33.9. The summed E-state index contributed by atoms with van der Waals surface area (Å²) < 4.78 is 63.5.